The molecule has 11 heteroatoms. The molecule has 1 fully saturated rings. The van der Waals surface area contributed by atoms with Crippen LogP contribution in [0.1, 0.15) is 12.8 Å². The van der Waals surface area contributed by atoms with Gasteiger partial charge in [0.1, 0.15) is 21.6 Å². The largest absolute Gasteiger partial charge is 0.431 e. The molecule has 1 aliphatic carbocycles. The number of aliphatic hydroxyl groups is 1. The molecule has 0 amide bonds. The zero-order valence-corrected chi connectivity index (χ0v) is 12.3. The van der Waals surface area contributed by atoms with Gasteiger partial charge in [0.15, 0.2) is 0 Å². The minimum absolute atomic E-state index is 0.402. The Morgan fingerprint density at radius 3 is 2.45 bits per heavy atom. The number of sulfone groups is 1. The molecule has 0 bridgehead atoms. The first kappa shape index (κ1) is 18.8. The number of aliphatic imine (C=N–C) groups is 1. The van der Waals surface area contributed by atoms with Crippen molar-refractivity contribution in [1.82, 2.24) is 0 Å². The van der Waals surface area contributed by atoms with E-state index in [1.807, 2.05) is 0 Å². The number of rotatable bonds is 3. The van der Waals surface area contributed by atoms with Crippen LogP contribution in [0, 0.1) is 0 Å². The molecule has 0 heterocycles. The molecule has 5 nitrogen and oxygen atoms in total. The highest BCUT2D eigenvalue weighted by Crippen LogP contribution is 2.39. The molecular formula is C11H15F5N2O3S. The van der Waals surface area contributed by atoms with E-state index in [0.29, 0.717) is 0 Å². The molecule has 1 rings (SSSR count). The van der Waals surface area contributed by atoms with Crippen LogP contribution in [0.3, 0.4) is 0 Å². The maximum absolute atomic E-state index is 13.4. The number of aliphatic hydroxyl groups excluding tert-OH is 1. The van der Waals surface area contributed by atoms with Crippen LogP contribution in [0.25, 0.3) is 0 Å². The average Bonchev–Trinajstić information content (AvgIpc) is 2.31. The summed E-state index contributed by atoms with van der Waals surface area (Å²) in [6, 6.07) is 0. The van der Waals surface area contributed by atoms with Crippen LogP contribution in [0.5, 0.6) is 0 Å². The number of hydrogen-bond donors (Lipinski definition) is 2. The lowest BCUT2D eigenvalue weighted by molar-refractivity contribution is -0.110. The van der Waals surface area contributed by atoms with Crippen molar-refractivity contribution in [2.24, 2.45) is 10.7 Å². The molecule has 22 heavy (non-hydrogen) atoms. The van der Waals surface area contributed by atoms with E-state index in [1.165, 1.54) is 0 Å². The first-order valence-electron chi connectivity index (χ1n) is 6.10. The lowest BCUT2D eigenvalue weighted by Crippen LogP contribution is -2.45. The molecule has 0 aliphatic heterocycles. The van der Waals surface area contributed by atoms with Crippen molar-refractivity contribution in [2.75, 3.05) is 18.6 Å². The van der Waals surface area contributed by atoms with E-state index in [-0.39, 0.29) is 0 Å². The summed E-state index contributed by atoms with van der Waals surface area (Å²) in [7, 11) is -3.41. The molecule has 0 aromatic heterocycles. The highest BCUT2D eigenvalue weighted by atomic mass is 32.2. The van der Waals surface area contributed by atoms with Gasteiger partial charge in [-0.3, -0.25) is 4.99 Å². The predicted molar refractivity (Wildman–Crippen MR) is 69.5 cm³/mol. The van der Waals surface area contributed by atoms with Crippen LogP contribution >= 0.6 is 0 Å². The second-order valence-corrected chi connectivity index (χ2v) is 7.21. The summed E-state index contributed by atoms with van der Waals surface area (Å²) in [5.41, 5.74) is 1.37. The van der Waals surface area contributed by atoms with Gasteiger partial charge in [-0.15, -0.1) is 0 Å². The molecule has 1 unspecified atom stereocenters. The van der Waals surface area contributed by atoms with Crippen molar-refractivity contribution >= 4 is 15.5 Å². The van der Waals surface area contributed by atoms with E-state index in [9.17, 15) is 35.5 Å². The highest BCUT2D eigenvalue weighted by molar-refractivity contribution is 7.90. The van der Waals surface area contributed by atoms with Gasteiger partial charge in [0.05, 0.1) is 12.3 Å². The highest BCUT2D eigenvalue weighted by Gasteiger charge is 2.49. The van der Waals surface area contributed by atoms with Crippen molar-refractivity contribution in [3.05, 3.63) is 11.3 Å². The number of hydrogen-bond acceptors (Lipinski definition) is 5. The monoisotopic (exact) mass is 350 g/mol. The van der Waals surface area contributed by atoms with Gasteiger partial charge in [-0.2, -0.15) is 13.2 Å². The van der Waals surface area contributed by atoms with Crippen LogP contribution in [-0.2, 0) is 9.84 Å². The summed E-state index contributed by atoms with van der Waals surface area (Å²) in [5.74, 6) is -4.22. The Bertz CT molecular complexity index is 595. The first-order valence-corrected chi connectivity index (χ1v) is 8.16. The molecule has 1 atom stereocenters. The number of alkyl halides is 5. The van der Waals surface area contributed by atoms with Gasteiger partial charge in [-0.25, -0.2) is 17.2 Å². The third-order valence-corrected chi connectivity index (χ3v) is 3.96. The van der Waals surface area contributed by atoms with Crippen LogP contribution in [0.15, 0.2) is 16.3 Å². The van der Waals surface area contributed by atoms with Gasteiger partial charge in [-0.05, 0) is 6.42 Å². The van der Waals surface area contributed by atoms with Crippen LogP contribution in [-0.4, -0.2) is 56.0 Å². The fourth-order valence-electron chi connectivity index (χ4n) is 1.89. The summed E-state index contributed by atoms with van der Waals surface area (Å²) in [4.78, 5) is 3.61. The van der Waals surface area contributed by atoms with Crippen LogP contribution < -0.4 is 5.73 Å². The summed E-state index contributed by atoms with van der Waals surface area (Å²) in [6.07, 6.45) is -8.39. The lowest BCUT2D eigenvalue weighted by atomic mass is 9.85. The van der Waals surface area contributed by atoms with Crippen molar-refractivity contribution in [3.8, 4) is 0 Å². The fourth-order valence-corrected chi connectivity index (χ4v) is 2.31. The predicted octanol–water partition coefficient (Wildman–Crippen LogP) is 1.04. The van der Waals surface area contributed by atoms with Gasteiger partial charge in [-0.1, -0.05) is 0 Å². The SMILES string of the molecule is CS(=O)(=O)CCN=C1CCC(F)(F)C(O)/C1=C(/N)C(F)(F)F. The van der Waals surface area contributed by atoms with E-state index in [4.69, 9.17) is 5.73 Å². The standard InChI is InChI=1S/C11H15F5N2O3S/c1-22(20,21)5-4-18-6-2-3-10(12,13)9(19)7(6)8(17)11(14,15)16/h9,19H,2-5,17H2,1H3/b8-7+,18-6?. The van der Waals surface area contributed by atoms with Crippen molar-refractivity contribution < 1.29 is 35.5 Å². The van der Waals surface area contributed by atoms with E-state index < -0.39 is 70.2 Å². The van der Waals surface area contributed by atoms with Gasteiger partial charge < -0.3 is 10.8 Å². The molecule has 3 N–H and O–H groups in total. The van der Waals surface area contributed by atoms with Crippen molar-refractivity contribution in [3.63, 3.8) is 0 Å². The molecule has 128 valence electrons. The van der Waals surface area contributed by atoms with Gasteiger partial charge in [0.25, 0.3) is 5.92 Å². The molecule has 0 aromatic carbocycles. The minimum atomic E-state index is -5.11. The van der Waals surface area contributed by atoms with Crippen molar-refractivity contribution in [2.45, 2.75) is 31.0 Å². The summed E-state index contributed by atoms with van der Waals surface area (Å²) in [6.45, 7) is -0.402. The molecule has 0 aromatic rings. The third kappa shape index (κ3) is 4.63. The van der Waals surface area contributed by atoms with E-state index in [2.05, 4.69) is 4.99 Å². The third-order valence-electron chi connectivity index (χ3n) is 3.04. The Labute approximate surface area is 123 Å². The number of halogens is 5. The Hall–Kier alpha value is -1.23. The van der Waals surface area contributed by atoms with Crippen LogP contribution in [0.2, 0.25) is 0 Å². The Morgan fingerprint density at radius 2 is 2.00 bits per heavy atom. The average molecular weight is 350 g/mol. The maximum Gasteiger partial charge on any atom is 0.431 e. The molecule has 0 saturated heterocycles. The topological polar surface area (TPSA) is 92.8 Å². The molecule has 0 radical (unpaired) electrons. The fraction of sp³-hybridized carbons (Fsp3) is 0.727. The second kappa shape index (κ2) is 6.11. The number of nitrogens with zero attached hydrogens (tertiary/aromatic N) is 1. The Balaban J connectivity index is 3.23. The molecule has 1 saturated carbocycles. The summed E-state index contributed by atoms with van der Waals surface area (Å²) in [5, 5.41) is 9.47. The summed E-state index contributed by atoms with van der Waals surface area (Å²) >= 11 is 0. The van der Waals surface area contributed by atoms with Crippen molar-refractivity contribution in [1.29, 1.82) is 0 Å². The maximum atomic E-state index is 13.4. The van der Waals surface area contributed by atoms with Crippen LogP contribution in [0.4, 0.5) is 22.0 Å². The Kier molecular flexibility index (Phi) is 5.22. The van der Waals surface area contributed by atoms with Gasteiger partial charge in [0, 0.05) is 24.0 Å². The van der Waals surface area contributed by atoms with E-state index in [1.54, 1.807) is 0 Å². The normalized spacial score (nSPS) is 27.0. The summed E-state index contributed by atoms with van der Waals surface area (Å²) < 4.78 is 86.7. The first-order chi connectivity index (χ1) is 9.76. The van der Waals surface area contributed by atoms with E-state index >= 15 is 0 Å². The molecule has 1 aliphatic rings. The second-order valence-electron chi connectivity index (χ2n) is 4.95. The van der Waals surface area contributed by atoms with Gasteiger partial charge >= 0.3 is 6.18 Å². The smallest absolute Gasteiger partial charge is 0.394 e. The Morgan fingerprint density at radius 1 is 1.45 bits per heavy atom. The van der Waals surface area contributed by atoms with Gasteiger partial charge in [0.2, 0.25) is 0 Å². The number of allylic oxidation sites excluding steroid dienone is 1. The quantitative estimate of drug-likeness (QED) is 0.744. The zero-order valence-electron chi connectivity index (χ0n) is 11.5. The lowest BCUT2D eigenvalue weighted by Gasteiger charge is -2.32. The minimum Gasteiger partial charge on any atom is -0.394 e. The zero-order chi connectivity index (χ0) is 17.3. The molecule has 0 spiro atoms. The molecular weight excluding hydrogens is 335 g/mol. The van der Waals surface area contributed by atoms with E-state index in [0.717, 1.165) is 6.26 Å². The number of nitrogens with two attached hydrogens (primary N) is 1.